The maximum absolute atomic E-state index is 5.67. The Balaban J connectivity index is 0.00000272. The Labute approximate surface area is 392 Å². The monoisotopic (exact) mass is 927 g/mol. The molecule has 15 heteroatoms. The predicted molar refractivity (Wildman–Crippen MR) is 271 cm³/mol. The number of benzene rings is 4. The molecule has 4 aliphatic rings. The molecule has 0 unspecified atom stereocenters. The van der Waals surface area contributed by atoms with Gasteiger partial charge in [0.05, 0.1) is 0 Å². The van der Waals surface area contributed by atoms with Crippen LogP contribution in [-0.2, 0) is 0 Å². The van der Waals surface area contributed by atoms with Crippen molar-refractivity contribution in [3.63, 3.8) is 0 Å². The minimum Gasteiger partial charge on any atom is -0.412 e. The molecule has 4 aromatic carbocycles. The molecule has 0 aliphatic carbocycles. The van der Waals surface area contributed by atoms with Gasteiger partial charge in [0.15, 0.2) is 23.3 Å². The standard InChI is InChI=1S/C48H48N8S4.Al.2H2O/c1-5-9-25-57-33-21-13-17-29-37(33)45-49-41(29)54-46-39-31(19-15-23-35(39)59-27-11-7-3)43(51-46)56-48-40-32(20-16-24-36(40)60-28-12-8-4)44(52-48)55-47-38-30(42(50-47)53-45)18-14-22-34(38)58-26-10-6-2;;;/h13-24H,5-12,25-28H2,1-4H3;;2*1H2/q-2;+2;;. The largest absolute Gasteiger partial charge is 0.568 e. The molecule has 6 bridgehead atoms. The summed E-state index contributed by atoms with van der Waals surface area (Å²) in [5, 5.41) is 4.41. The fraction of sp³-hybridized carbons (Fsp3) is 0.333. The maximum atomic E-state index is 5.67. The van der Waals surface area contributed by atoms with Crippen LogP contribution in [0.3, 0.4) is 0 Å². The summed E-state index contributed by atoms with van der Waals surface area (Å²) in [6, 6.07) is 26.5. The third-order valence-electron chi connectivity index (χ3n) is 11.4. The normalized spacial score (nSPS) is 14.0. The van der Waals surface area contributed by atoms with E-state index in [1.54, 1.807) is 0 Å². The number of rotatable bonds is 16. The van der Waals surface area contributed by atoms with Gasteiger partial charge in [0, 0.05) is 63.4 Å². The Bertz CT molecular complexity index is 2990. The average Bonchev–Trinajstić information content (AvgIpc) is 3.98. The Morgan fingerprint density at radius 3 is 1.46 bits per heavy atom. The van der Waals surface area contributed by atoms with Crippen LogP contribution < -0.4 is 11.0 Å². The highest BCUT2D eigenvalue weighted by Crippen LogP contribution is 2.45. The Kier molecular flexibility index (Phi) is 14.6. The fourth-order valence-corrected chi connectivity index (χ4v) is 14.4. The van der Waals surface area contributed by atoms with Crippen LogP contribution in [0.15, 0.2) is 122 Å². The molecule has 6 aromatic rings. The first-order valence-corrected chi connectivity index (χ1v) is 26.8. The lowest BCUT2D eigenvalue weighted by molar-refractivity contribution is 0.823. The Morgan fingerprint density at radius 1 is 0.429 bits per heavy atom. The summed E-state index contributed by atoms with van der Waals surface area (Å²) in [6.45, 7) is 9.03. The van der Waals surface area contributed by atoms with Crippen molar-refractivity contribution in [2.24, 2.45) is 30.0 Å². The molecule has 0 spiro atoms. The quantitative estimate of drug-likeness (QED) is 0.0540. The smallest absolute Gasteiger partial charge is 0.412 e. The number of nitrogens with zero attached hydrogens (tertiary/aromatic N) is 8. The highest BCUT2D eigenvalue weighted by atomic mass is 32.2. The van der Waals surface area contributed by atoms with Crippen LogP contribution >= 0.6 is 47.0 Å². The van der Waals surface area contributed by atoms with Crippen LogP contribution in [0, 0.1) is 0 Å². The van der Waals surface area contributed by atoms with Gasteiger partial charge in [-0.25, -0.2) is 30.0 Å². The summed E-state index contributed by atoms with van der Waals surface area (Å²) >= 11 is 6.90. The lowest BCUT2D eigenvalue weighted by atomic mass is 10.1. The van der Waals surface area contributed by atoms with E-state index in [1.807, 2.05) is 47.0 Å². The van der Waals surface area contributed by atoms with Crippen molar-refractivity contribution in [3.8, 4) is 0 Å². The molecule has 10 nitrogen and oxygen atoms in total. The van der Waals surface area contributed by atoms with E-state index in [4.69, 9.17) is 30.0 Å². The lowest BCUT2D eigenvalue weighted by Gasteiger charge is -2.12. The zero-order valence-corrected chi connectivity index (χ0v) is 40.6. The van der Waals surface area contributed by atoms with Crippen molar-refractivity contribution in [2.45, 2.75) is 98.6 Å². The van der Waals surface area contributed by atoms with Gasteiger partial charge in [0.1, 0.15) is 22.6 Å². The Morgan fingerprint density at radius 2 is 0.873 bits per heavy atom. The van der Waals surface area contributed by atoms with Gasteiger partial charge < -0.3 is 18.1 Å². The van der Waals surface area contributed by atoms with Crippen LogP contribution in [-0.4, -0.2) is 80.1 Å². The number of hydrogen-bond donors (Lipinski definition) is 0. The van der Waals surface area contributed by atoms with Crippen LogP contribution in [0.25, 0.3) is 21.5 Å². The van der Waals surface area contributed by atoms with E-state index in [2.05, 4.69) is 108 Å². The molecule has 4 aliphatic heterocycles. The van der Waals surface area contributed by atoms with Gasteiger partial charge >= 0.3 is 15.7 Å². The lowest BCUT2D eigenvalue weighted by Crippen LogP contribution is -2.36. The molecule has 6 heterocycles. The number of aromatic nitrogens is 2. The molecular formula is C48H52AlN8O2S4. The summed E-state index contributed by atoms with van der Waals surface area (Å²) in [6.07, 6.45) is 9.17. The second kappa shape index (κ2) is 20.1. The molecule has 0 saturated heterocycles. The molecule has 0 amide bonds. The van der Waals surface area contributed by atoms with Gasteiger partial charge in [0.2, 0.25) is 0 Å². The van der Waals surface area contributed by atoms with Crippen LogP contribution in [0.4, 0.5) is 11.6 Å². The first kappa shape index (κ1) is 45.7. The van der Waals surface area contributed by atoms with Gasteiger partial charge in [-0.2, -0.15) is 0 Å². The van der Waals surface area contributed by atoms with Gasteiger partial charge in [0.25, 0.3) is 0 Å². The van der Waals surface area contributed by atoms with E-state index in [9.17, 15) is 0 Å². The van der Waals surface area contributed by atoms with Crippen molar-refractivity contribution >= 4 is 119 Å². The van der Waals surface area contributed by atoms with E-state index in [1.165, 1.54) is 19.6 Å². The molecule has 1 radical (unpaired) electrons. The molecule has 0 saturated carbocycles. The predicted octanol–water partition coefficient (Wildman–Crippen LogP) is 10.4. The fourth-order valence-electron chi connectivity index (χ4n) is 8.23. The van der Waals surface area contributed by atoms with Crippen LogP contribution in [0.1, 0.15) is 101 Å². The zero-order chi connectivity index (χ0) is 41.5. The minimum absolute atomic E-state index is 0. The van der Waals surface area contributed by atoms with Gasteiger partial charge in [-0.3, -0.25) is 0 Å². The molecule has 63 heavy (non-hydrogen) atoms. The highest BCUT2D eigenvalue weighted by Gasteiger charge is 2.33. The first-order valence-electron chi connectivity index (χ1n) is 21.9. The van der Waals surface area contributed by atoms with E-state index in [0.29, 0.717) is 11.7 Å². The van der Waals surface area contributed by atoms with Crippen LogP contribution in [0.2, 0.25) is 0 Å². The van der Waals surface area contributed by atoms with Crippen molar-refractivity contribution in [3.05, 3.63) is 106 Å². The molecule has 323 valence electrons. The van der Waals surface area contributed by atoms with E-state index in [-0.39, 0.29) is 11.0 Å². The summed E-state index contributed by atoms with van der Waals surface area (Å²) in [4.78, 5) is 38.3. The third-order valence-corrected chi connectivity index (χ3v) is 17.4. The number of aliphatic imine (C=N–C) groups is 4. The van der Waals surface area contributed by atoms with Crippen molar-refractivity contribution in [1.29, 1.82) is 0 Å². The SMILES string of the molecule is CCCCSc1cccc2c1C1=NC2=Nc2c3c(SCCCC)cccc3c3[n]2[Al][n]2c(c4cccc(SCCCC)c4c2=NC2=NC(=N3)c3c(SCCCC)cccc32)=N1.O.O. The van der Waals surface area contributed by atoms with Crippen molar-refractivity contribution in [1.82, 2.24) is 7.10 Å². The zero-order valence-electron chi connectivity index (χ0n) is 36.2. The number of unbranched alkanes of at least 4 members (excludes halogenated alkanes) is 4. The average molecular weight is 928 g/mol. The first-order chi connectivity index (χ1) is 30.1. The molecular weight excluding hydrogens is 876 g/mol. The molecule has 4 N–H and O–H groups in total. The summed E-state index contributed by atoms with van der Waals surface area (Å²) in [5.74, 6) is 8.75. The molecule has 0 atom stereocenters. The number of thioether (sulfide) groups is 4. The second-order valence-corrected chi connectivity index (χ2v) is 21.4. The number of amidine groups is 4. The second-order valence-electron chi connectivity index (χ2n) is 15.6. The van der Waals surface area contributed by atoms with Gasteiger partial charge in [-0.15, -0.1) is 47.0 Å². The maximum Gasteiger partial charge on any atom is 0.568 e. The van der Waals surface area contributed by atoms with Crippen molar-refractivity contribution in [2.75, 3.05) is 23.0 Å². The van der Waals surface area contributed by atoms with E-state index >= 15 is 0 Å². The summed E-state index contributed by atoms with van der Waals surface area (Å²) in [7, 11) is 0. The summed E-state index contributed by atoms with van der Waals surface area (Å²) in [5.41, 5.74) is 5.97. The van der Waals surface area contributed by atoms with Gasteiger partial charge in [-0.1, -0.05) is 102 Å². The Hall–Kier alpha value is -3.91. The van der Waals surface area contributed by atoms with Gasteiger partial charge in [-0.05, 0) is 73.0 Å². The van der Waals surface area contributed by atoms with Crippen molar-refractivity contribution < 1.29 is 11.0 Å². The van der Waals surface area contributed by atoms with E-state index < -0.39 is 15.7 Å². The topological polar surface area (TPSA) is 147 Å². The summed E-state index contributed by atoms with van der Waals surface area (Å²) < 4.78 is 4.78. The number of hydrogen-bond acceptors (Lipinski definition) is 10. The minimum atomic E-state index is -0.737. The molecule has 10 rings (SSSR count). The highest BCUT2D eigenvalue weighted by molar-refractivity contribution is 8.00. The van der Waals surface area contributed by atoms with E-state index in [0.717, 1.165) is 152 Å². The molecule has 2 aromatic heterocycles. The number of fused-ring (bicyclic) bond motifs is 14. The molecule has 0 fully saturated rings. The van der Waals surface area contributed by atoms with Crippen LogP contribution in [0.5, 0.6) is 0 Å². The third kappa shape index (κ3) is 8.33.